The van der Waals surface area contributed by atoms with Gasteiger partial charge in [0.05, 0.1) is 0 Å². The fourth-order valence-electron chi connectivity index (χ4n) is 2.42. The van der Waals surface area contributed by atoms with Gasteiger partial charge in [0, 0.05) is 30.7 Å². The molecule has 1 heterocycles. The summed E-state index contributed by atoms with van der Waals surface area (Å²) in [5, 5.41) is 4.92. The van der Waals surface area contributed by atoms with E-state index >= 15 is 0 Å². The summed E-state index contributed by atoms with van der Waals surface area (Å²) in [6.07, 6.45) is 4.81. The summed E-state index contributed by atoms with van der Waals surface area (Å²) in [5.41, 5.74) is 2.72. The van der Waals surface area contributed by atoms with E-state index in [0.29, 0.717) is 0 Å². The number of nitrogens with one attached hydrogen (secondary N) is 1. The molecule has 0 spiro atoms. The molecule has 0 aliphatic rings. The van der Waals surface area contributed by atoms with Gasteiger partial charge in [-0.2, -0.15) is 0 Å². The van der Waals surface area contributed by atoms with Crippen molar-refractivity contribution in [2.24, 2.45) is 13.0 Å². The number of hydrogen-bond donors (Lipinski definition) is 1. The summed E-state index contributed by atoms with van der Waals surface area (Å²) in [6, 6.07) is 8.60. The van der Waals surface area contributed by atoms with Crippen LogP contribution in [0.5, 0.6) is 0 Å². The van der Waals surface area contributed by atoms with E-state index in [2.05, 4.69) is 61.2 Å². The second-order valence-electron chi connectivity index (χ2n) is 5.50. The van der Waals surface area contributed by atoms with E-state index < -0.39 is 0 Å². The van der Waals surface area contributed by atoms with Crippen LogP contribution in [-0.2, 0) is 13.6 Å². The molecule has 2 heteroatoms. The Hall–Kier alpha value is -1.28. The van der Waals surface area contributed by atoms with Crippen LogP contribution in [-0.4, -0.2) is 11.1 Å². The van der Waals surface area contributed by atoms with Crippen molar-refractivity contribution >= 4 is 10.9 Å². The molecule has 2 nitrogen and oxygen atoms in total. The zero-order chi connectivity index (χ0) is 13.0. The Balaban J connectivity index is 1.92. The largest absolute Gasteiger partial charge is 0.350 e. The molecule has 0 aliphatic heterocycles. The van der Waals surface area contributed by atoms with Gasteiger partial charge in [0.15, 0.2) is 0 Å². The second-order valence-corrected chi connectivity index (χ2v) is 5.50. The maximum absolute atomic E-state index is 3.55. The number of hydrogen-bond acceptors (Lipinski definition) is 1. The first kappa shape index (κ1) is 13.2. The number of aryl methyl sites for hydroxylation is 1. The molecule has 0 saturated carbocycles. The van der Waals surface area contributed by atoms with Crippen molar-refractivity contribution in [3.8, 4) is 0 Å². The maximum Gasteiger partial charge on any atom is 0.0481 e. The molecule has 0 fully saturated rings. The molecule has 18 heavy (non-hydrogen) atoms. The van der Waals surface area contributed by atoms with Crippen molar-refractivity contribution in [2.45, 2.75) is 33.2 Å². The quantitative estimate of drug-likeness (QED) is 0.767. The molecule has 1 N–H and O–H groups in total. The van der Waals surface area contributed by atoms with Gasteiger partial charge in [0.25, 0.3) is 0 Å². The highest BCUT2D eigenvalue weighted by Crippen LogP contribution is 2.19. The Bertz CT molecular complexity index is 497. The summed E-state index contributed by atoms with van der Waals surface area (Å²) < 4.78 is 2.21. The van der Waals surface area contributed by atoms with Crippen LogP contribution in [0.4, 0.5) is 0 Å². The van der Waals surface area contributed by atoms with Crippen LogP contribution in [0.15, 0.2) is 30.5 Å². The third kappa shape index (κ3) is 3.14. The molecule has 0 atom stereocenters. The molecule has 0 aliphatic carbocycles. The van der Waals surface area contributed by atoms with Crippen LogP contribution in [0.1, 0.15) is 32.3 Å². The van der Waals surface area contributed by atoms with Crippen molar-refractivity contribution in [3.63, 3.8) is 0 Å². The van der Waals surface area contributed by atoms with Crippen molar-refractivity contribution < 1.29 is 0 Å². The third-order valence-corrected chi connectivity index (χ3v) is 3.43. The van der Waals surface area contributed by atoms with E-state index in [1.165, 1.54) is 29.3 Å². The van der Waals surface area contributed by atoms with E-state index in [1.807, 2.05) is 0 Å². The molecule has 0 bridgehead atoms. The monoisotopic (exact) mass is 244 g/mol. The summed E-state index contributed by atoms with van der Waals surface area (Å²) in [5.74, 6) is 0.810. The van der Waals surface area contributed by atoms with E-state index in [0.717, 1.165) is 19.0 Å². The summed E-state index contributed by atoms with van der Waals surface area (Å²) in [4.78, 5) is 0. The average molecular weight is 244 g/mol. The number of benzene rings is 1. The summed E-state index contributed by atoms with van der Waals surface area (Å²) in [7, 11) is 2.12. The summed E-state index contributed by atoms with van der Waals surface area (Å²) in [6.45, 7) is 6.65. The topological polar surface area (TPSA) is 17.0 Å². The zero-order valence-electron chi connectivity index (χ0n) is 11.7. The lowest BCUT2D eigenvalue weighted by Gasteiger charge is -2.06. The van der Waals surface area contributed by atoms with Gasteiger partial charge in [-0.05, 0) is 36.9 Å². The van der Waals surface area contributed by atoms with Gasteiger partial charge in [-0.3, -0.25) is 0 Å². The molecule has 0 radical (unpaired) electrons. The molecule has 1 aromatic heterocycles. The van der Waals surface area contributed by atoms with Gasteiger partial charge in [-0.15, -0.1) is 0 Å². The second kappa shape index (κ2) is 6.05. The molecule has 98 valence electrons. The van der Waals surface area contributed by atoms with Crippen molar-refractivity contribution in [1.82, 2.24) is 9.88 Å². The van der Waals surface area contributed by atoms with Gasteiger partial charge >= 0.3 is 0 Å². The number of aromatic nitrogens is 1. The van der Waals surface area contributed by atoms with E-state index in [-0.39, 0.29) is 0 Å². The van der Waals surface area contributed by atoms with Crippen LogP contribution >= 0.6 is 0 Å². The highest BCUT2D eigenvalue weighted by atomic mass is 14.9. The Morgan fingerprint density at radius 2 is 2.00 bits per heavy atom. The van der Waals surface area contributed by atoms with Crippen LogP contribution in [0.25, 0.3) is 10.9 Å². The number of rotatable bonds is 6. The third-order valence-electron chi connectivity index (χ3n) is 3.43. The van der Waals surface area contributed by atoms with E-state index in [9.17, 15) is 0 Å². The first-order chi connectivity index (χ1) is 8.68. The van der Waals surface area contributed by atoms with Crippen molar-refractivity contribution in [2.75, 3.05) is 6.54 Å². The average Bonchev–Trinajstić information content (AvgIpc) is 2.66. The van der Waals surface area contributed by atoms with E-state index in [1.54, 1.807) is 0 Å². The van der Waals surface area contributed by atoms with Crippen LogP contribution in [0.3, 0.4) is 0 Å². The fraction of sp³-hybridized carbons (Fsp3) is 0.500. The van der Waals surface area contributed by atoms with Crippen LogP contribution < -0.4 is 5.32 Å². The molecule has 1 aromatic carbocycles. The maximum atomic E-state index is 3.55. The van der Waals surface area contributed by atoms with Gasteiger partial charge in [0.1, 0.15) is 0 Å². The highest BCUT2D eigenvalue weighted by molar-refractivity contribution is 5.83. The molecule has 0 saturated heterocycles. The van der Waals surface area contributed by atoms with Gasteiger partial charge < -0.3 is 9.88 Å². The Labute approximate surface area is 110 Å². The molecule has 0 amide bonds. The van der Waals surface area contributed by atoms with Gasteiger partial charge in [0.2, 0.25) is 0 Å². The Kier molecular flexibility index (Phi) is 4.43. The minimum absolute atomic E-state index is 0.810. The molecule has 2 rings (SSSR count). The fourth-order valence-corrected chi connectivity index (χ4v) is 2.42. The first-order valence-corrected chi connectivity index (χ1v) is 6.92. The predicted octanol–water partition coefficient (Wildman–Crippen LogP) is 3.70. The highest BCUT2D eigenvalue weighted by Gasteiger charge is 2.04. The molecule has 0 unspecified atom stereocenters. The zero-order valence-corrected chi connectivity index (χ0v) is 11.7. The van der Waals surface area contributed by atoms with Gasteiger partial charge in [-0.25, -0.2) is 0 Å². The SMILES string of the molecule is CC(C)CCCNCc1cn(C)c2ccccc12. The molecular formula is C16H24N2. The lowest BCUT2D eigenvalue weighted by atomic mass is 10.1. The van der Waals surface area contributed by atoms with E-state index in [4.69, 9.17) is 0 Å². The Morgan fingerprint density at radius 3 is 2.78 bits per heavy atom. The Morgan fingerprint density at radius 1 is 1.22 bits per heavy atom. The normalized spacial score (nSPS) is 11.6. The number of para-hydroxylation sites is 1. The van der Waals surface area contributed by atoms with Gasteiger partial charge in [-0.1, -0.05) is 32.0 Å². The summed E-state index contributed by atoms with van der Waals surface area (Å²) >= 11 is 0. The number of fused-ring (bicyclic) bond motifs is 1. The van der Waals surface area contributed by atoms with Crippen molar-refractivity contribution in [1.29, 1.82) is 0 Å². The first-order valence-electron chi connectivity index (χ1n) is 6.92. The smallest absolute Gasteiger partial charge is 0.0481 e. The lowest BCUT2D eigenvalue weighted by molar-refractivity contribution is 0.528. The predicted molar refractivity (Wildman–Crippen MR) is 78.7 cm³/mol. The van der Waals surface area contributed by atoms with Crippen molar-refractivity contribution in [3.05, 3.63) is 36.0 Å². The molecule has 2 aromatic rings. The standard InChI is InChI=1S/C16H24N2/c1-13(2)7-6-10-17-11-14-12-18(3)16-9-5-4-8-15(14)16/h4-5,8-9,12-13,17H,6-7,10-11H2,1-3H3. The number of nitrogens with zero attached hydrogens (tertiary/aromatic N) is 1. The molecular weight excluding hydrogens is 220 g/mol. The minimum Gasteiger partial charge on any atom is -0.350 e. The lowest BCUT2D eigenvalue weighted by Crippen LogP contribution is -2.15. The van der Waals surface area contributed by atoms with Crippen LogP contribution in [0, 0.1) is 5.92 Å². The van der Waals surface area contributed by atoms with Crippen LogP contribution in [0.2, 0.25) is 0 Å². The minimum atomic E-state index is 0.810.